The molecule has 1 unspecified atom stereocenters. The SMILES string of the molecule is CC1CC(=O)CN1C(=O)OCOC1CCC(c2ccccc2OCC(=O)OC(C)(C)C)CC1. The van der Waals surface area contributed by atoms with Crippen LogP contribution in [0.3, 0.4) is 0 Å². The van der Waals surface area contributed by atoms with Crippen LogP contribution in [0, 0.1) is 0 Å². The summed E-state index contributed by atoms with van der Waals surface area (Å²) in [5.41, 5.74) is 0.537. The third-order valence-electron chi connectivity index (χ3n) is 5.92. The van der Waals surface area contributed by atoms with Crippen molar-refractivity contribution in [2.45, 2.75) is 83.5 Å². The van der Waals surface area contributed by atoms with Crippen LogP contribution in [0.5, 0.6) is 5.75 Å². The van der Waals surface area contributed by atoms with E-state index in [1.807, 2.05) is 52.0 Å². The number of carbonyl (C=O) groups is 3. The third kappa shape index (κ3) is 7.45. The molecule has 1 aliphatic heterocycles. The van der Waals surface area contributed by atoms with Gasteiger partial charge in [0.15, 0.2) is 19.2 Å². The van der Waals surface area contributed by atoms with E-state index in [1.165, 1.54) is 4.90 Å². The molecule has 0 radical (unpaired) electrons. The number of hydrogen-bond acceptors (Lipinski definition) is 7. The maximum absolute atomic E-state index is 12.1. The molecule has 0 N–H and O–H groups in total. The van der Waals surface area contributed by atoms with Crippen LogP contribution in [0.2, 0.25) is 0 Å². The van der Waals surface area contributed by atoms with Crippen molar-refractivity contribution in [3.63, 3.8) is 0 Å². The number of hydrogen-bond donors (Lipinski definition) is 0. The number of ketones is 1. The van der Waals surface area contributed by atoms with Gasteiger partial charge in [0.2, 0.25) is 0 Å². The van der Waals surface area contributed by atoms with Crippen LogP contribution in [-0.4, -0.2) is 60.4 Å². The Labute approximate surface area is 195 Å². The fourth-order valence-corrected chi connectivity index (χ4v) is 4.36. The normalized spacial score (nSPS) is 23.3. The first kappa shape index (κ1) is 25.0. The quantitative estimate of drug-likeness (QED) is 0.444. The minimum absolute atomic E-state index is 0.0153. The van der Waals surface area contributed by atoms with Crippen LogP contribution >= 0.6 is 0 Å². The lowest BCUT2D eigenvalue weighted by molar-refractivity contribution is -0.157. The number of carbonyl (C=O) groups excluding carboxylic acids is 3. The smallest absolute Gasteiger partial charge is 0.412 e. The number of benzene rings is 1. The summed E-state index contributed by atoms with van der Waals surface area (Å²) in [6.45, 7) is 7.20. The summed E-state index contributed by atoms with van der Waals surface area (Å²) in [5, 5.41) is 0. The highest BCUT2D eigenvalue weighted by Crippen LogP contribution is 2.38. The van der Waals surface area contributed by atoms with Crippen LogP contribution in [0.4, 0.5) is 4.79 Å². The van der Waals surface area contributed by atoms with E-state index in [0.29, 0.717) is 18.1 Å². The monoisotopic (exact) mass is 461 g/mol. The standard InChI is InChI=1S/C25H35NO7/c1-17-13-19(27)14-26(17)24(29)32-16-31-20-11-9-18(10-12-20)21-7-5-6-8-22(21)30-15-23(28)33-25(2,3)4/h5-8,17-18,20H,9-16H2,1-4H3. The Balaban J connectivity index is 1.43. The van der Waals surface area contributed by atoms with Gasteiger partial charge in [-0.15, -0.1) is 0 Å². The second kappa shape index (κ2) is 11.0. The molecule has 8 nitrogen and oxygen atoms in total. The van der Waals surface area contributed by atoms with Crippen molar-refractivity contribution in [3.05, 3.63) is 29.8 Å². The number of Topliss-reactive ketones (excluding diaryl/α,β-unsaturated/α-hetero) is 1. The second-order valence-corrected chi connectivity index (χ2v) is 9.80. The summed E-state index contributed by atoms with van der Waals surface area (Å²) in [7, 11) is 0. The Morgan fingerprint density at radius 1 is 1.09 bits per heavy atom. The molecule has 0 spiro atoms. The highest BCUT2D eigenvalue weighted by Gasteiger charge is 2.32. The molecule has 1 saturated carbocycles. The third-order valence-corrected chi connectivity index (χ3v) is 5.92. The number of para-hydroxylation sites is 1. The zero-order valence-electron chi connectivity index (χ0n) is 20.0. The molecular weight excluding hydrogens is 426 g/mol. The number of ether oxygens (including phenoxy) is 4. The number of amides is 1. The van der Waals surface area contributed by atoms with E-state index in [2.05, 4.69) is 0 Å². The zero-order valence-corrected chi connectivity index (χ0v) is 20.0. The highest BCUT2D eigenvalue weighted by atomic mass is 16.7. The first-order valence-electron chi connectivity index (χ1n) is 11.6. The summed E-state index contributed by atoms with van der Waals surface area (Å²) >= 11 is 0. The fourth-order valence-electron chi connectivity index (χ4n) is 4.36. The van der Waals surface area contributed by atoms with Crippen LogP contribution in [0.15, 0.2) is 24.3 Å². The zero-order chi connectivity index (χ0) is 24.0. The Bertz CT molecular complexity index is 839. The molecule has 1 saturated heterocycles. The highest BCUT2D eigenvalue weighted by molar-refractivity contribution is 5.88. The van der Waals surface area contributed by atoms with Gasteiger partial charge in [-0.3, -0.25) is 9.69 Å². The van der Waals surface area contributed by atoms with Gasteiger partial charge in [0.1, 0.15) is 11.4 Å². The molecule has 8 heteroatoms. The summed E-state index contributed by atoms with van der Waals surface area (Å²) in [6.07, 6.45) is 3.37. The maximum atomic E-state index is 12.1. The molecule has 0 aromatic heterocycles. The van der Waals surface area contributed by atoms with Gasteiger partial charge in [0.05, 0.1) is 12.6 Å². The molecule has 1 atom stereocenters. The summed E-state index contributed by atoms with van der Waals surface area (Å²) in [6, 6.07) is 7.66. The fraction of sp³-hybridized carbons (Fsp3) is 0.640. The predicted molar refractivity (Wildman–Crippen MR) is 121 cm³/mol. The van der Waals surface area contributed by atoms with Crippen molar-refractivity contribution in [3.8, 4) is 5.75 Å². The Morgan fingerprint density at radius 3 is 2.42 bits per heavy atom. The van der Waals surface area contributed by atoms with Crippen LogP contribution in [-0.2, 0) is 23.8 Å². The molecule has 33 heavy (non-hydrogen) atoms. The van der Waals surface area contributed by atoms with E-state index < -0.39 is 17.7 Å². The molecule has 1 aliphatic carbocycles. The van der Waals surface area contributed by atoms with Crippen molar-refractivity contribution in [2.75, 3.05) is 19.9 Å². The molecule has 1 heterocycles. The van der Waals surface area contributed by atoms with Crippen LogP contribution in [0.25, 0.3) is 0 Å². The van der Waals surface area contributed by atoms with E-state index in [9.17, 15) is 14.4 Å². The minimum atomic E-state index is -0.545. The van der Waals surface area contributed by atoms with Crippen LogP contribution < -0.4 is 4.74 Å². The summed E-state index contributed by atoms with van der Waals surface area (Å²) < 4.78 is 22.1. The molecule has 182 valence electrons. The van der Waals surface area contributed by atoms with E-state index in [-0.39, 0.29) is 37.9 Å². The van der Waals surface area contributed by atoms with Crippen molar-refractivity contribution in [1.82, 2.24) is 4.90 Å². The van der Waals surface area contributed by atoms with E-state index in [4.69, 9.17) is 18.9 Å². The maximum Gasteiger partial charge on any atom is 0.412 e. The van der Waals surface area contributed by atoms with Gasteiger partial charge in [0, 0.05) is 12.5 Å². The average molecular weight is 462 g/mol. The molecule has 1 aromatic rings. The Hall–Kier alpha value is -2.61. The molecular formula is C25H35NO7. The first-order valence-corrected chi connectivity index (χ1v) is 11.6. The van der Waals surface area contributed by atoms with Gasteiger partial charge in [0.25, 0.3) is 0 Å². The van der Waals surface area contributed by atoms with Gasteiger partial charge in [-0.2, -0.15) is 0 Å². The Kier molecular flexibility index (Phi) is 8.35. The summed E-state index contributed by atoms with van der Waals surface area (Å²) in [5.74, 6) is 0.667. The van der Waals surface area contributed by atoms with Crippen molar-refractivity contribution >= 4 is 17.8 Å². The number of nitrogens with zero attached hydrogens (tertiary/aromatic N) is 1. The van der Waals surface area contributed by atoms with Crippen molar-refractivity contribution < 1.29 is 33.3 Å². The molecule has 1 aromatic carbocycles. The predicted octanol–water partition coefficient (Wildman–Crippen LogP) is 4.21. The van der Waals surface area contributed by atoms with Gasteiger partial charge in [-0.05, 0) is 70.9 Å². The lowest BCUT2D eigenvalue weighted by atomic mass is 9.82. The number of likely N-dealkylation sites (tertiary alicyclic amines) is 1. The second-order valence-electron chi connectivity index (χ2n) is 9.80. The molecule has 0 bridgehead atoms. The molecule has 3 rings (SSSR count). The van der Waals surface area contributed by atoms with E-state index in [0.717, 1.165) is 31.2 Å². The largest absolute Gasteiger partial charge is 0.482 e. The topological polar surface area (TPSA) is 91.4 Å². The van der Waals surface area contributed by atoms with E-state index in [1.54, 1.807) is 0 Å². The first-order chi connectivity index (χ1) is 15.6. The summed E-state index contributed by atoms with van der Waals surface area (Å²) in [4.78, 5) is 37.1. The van der Waals surface area contributed by atoms with Gasteiger partial charge >= 0.3 is 12.1 Å². The molecule has 2 aliphatic rings. The number of rotatable bonds is 7. The molecule has 2 fully saturated rings. The molecule has 1 amide bonds. The average Bonchev–Trinajstić information content (AvgIpc) is 3.10. The van der Waals surface area contributed by atoms with Gasteiger partial charge < -0.3 is 18.9 Å². The van der Waals surface area contributed by atoms with Crippen molar-refractivity contribution in [1.29, 1.82) is 0 Å². The Morgan fingerprint density at radius 2 is 1.79 bits per heavy atom. The van der Waals surface area contributed by atoms with Gasteiger partial charge in [-0.1, -0.05) is 18.2 Å². The number of esters is 1. The van der Waals surface area contributed by atoms with Crippen LogP contribution in [0.1, 0.15) is 71.3 Å². The minimum Gasteiger partial charge on any atom is -0.482 e. The van der Waals surface area contributed by atoms with Gasteiger partial charge in [-0.25, -0.2) is 9.59 Å². The lowest BCUT2D eigenvalue weighted by Gasteiger charge is -2.30. The van der Waals surface area contributed by atoms with Crippen molar-refractivity contribution in [2.24, 2.45) is 0 Å². The lowest BCUT2D eigenvalue weighted by Crippen LogP contribution is -2.35. The van der Waals surface area contributed by atoms with E-state index >= 15 is 0 Å².